The molecule has 0 spiro atoms. The number of rotatable bonds is 1. The Morgan fingerprint density at radius 2 is 2.31 bits per heavy atom. The van der Waals surface area contributed by atoms with Gasteiger partial charge in [-0.05, 0) is 18.2 Å². The van der Waals surface area contributed by atoms with E-state index in [0.717, 1.165) is 34.9 Å². The maximum Gasteiger partial charge on any atom is 0.189 e. The van der Waals surface area contributed by atoms with E-state index in [1.54, 1.807) is 0 Å². The summed E-state index contributed by atoms with van der Waals surface area (Å²) < 4.78 is 12.5. The molecule has 0 bridgehead atoms. The molecule has 0 fully saturated rings. The standard InChI is InChI=1S/C11H11BrN2O2/c12-7-1-2-8-9(5-7)15-6-10(16-8)11-13-3-4-14-11/h1-2,5,10H,3-4,6H2,(H,13,14). The number of amidine groups is 1. The van der Waals surface area contributed by atoms with Crippen LogP contribution in [0, 0.1) is 0 Å². The molecule has 0 radical (unpaired) electrons. The SMILES string of the molecule is Brc1ccc2c(c1)OCC(C1=NCCN1)O2. The molecule has 16 heavy (non-hydrogen) atoms. The lowest BCUT2D eigenvalue weighted by Gasteiger charge is -2.26. The maximum absolute atomic E-state index is 5.83. The van der Waals surface area contributed by atoms with E-state index < -0.39 is 0 Å². The summed E-state index contributed by atoms with van der Waals surface area (Å²) in [6, 6.07) is 5.75. The van der Waals surface area contributed by atoms with Gasteiger partial charge in [0.25, 0.3) is 0 Å². The van der Waals surface area contributed by atoms with Crippen molar-refractivity contribution >= 4 is 21.8 Å². The number of aliphatic imine (C=N–C) groups is 1. The summed E-state index contributed by atoms with van der Waals surface area (Å²) in [6.07, 6.45) is -0.101. The number of fused-ring (bicyclic) bond motifs is 1. The van der Waals surface area contributed by atoms with E-state index >= 15 is 0 Å². The van der Waals surface area contributed by atoms with Crippen molar-refractivity contribution in [3.63, 3.8) is 0 Å². The third-order valence-corrected chi connectivity index (χ3v) is 3.06. The quantitative estimate of drug-likeness (QED) is 0.851. The van der Waals surface area contributed by atoms with Gasteiger partial charge in [0.2, 0.25) is 0 Å². The van der Waals surface area contributed by atoms with E-state index in [1.165, 1.54) is 0 Å². The average molecular weight is 283 g/mol. The third-order valence-electron chi connectivity index (χ3n) is 2.57. The number of nitrogens with zero attached hydrogens (tertiary/aromatic N) is 1. The van der Waals surface area contributed by atoms with Gasteiger partial charge in [0.15, 0.2) is 17.6 Å². The predicted octanol–water partition coefficient (Wildman–Crippen LogP) is 1.59. The topological polar surface area (TPSA) is 42.8 Å². The largest absolute Gasteiger partial charge is 0.485 e. The Balaban J connectivity index is 1.83. The highest BCUT2D eigenvalue weighted by molar-refractivity contribution is 9.10. The molecule has 0 amide bonds. The Hall–Kier alpha value is -1.23. The number of nitrogens with one attached hydrogen (secondary N) is 1. The monoisotopic (exact) mass is 282 g/mol. The van der Waals surface area contributed by atoms with Crippen LogP contribution in [0.4, 0.5) is 0 Å². The maximum atomic E-state index is 5.83. The second-order valence-electron chi connectivity index (χ2n) is 3.70. The molecule has 1 aromatic carbocycles. The summed E-state index contributed by atoms with van der Waals surface area (Å²) in [5.74, 6) is 2.45. The summed E-state index contributed by atoms with van der Waals surface area (Å²) in [4.78, 5) is 4.34. The highest BCUT2D eigenvalue weighted by Crippen LogP contribution is 2.34. The van der Waals surface area contributed by atoms with Crippen molar-refractivity contribution in [1.29, 1.82) is 0 Å². The average Bonchev–Trinajstić information content (AvgIpc) is 2.82. The van der Waals surface area contributed by atoms with Crippen molar-refractivity contribution in [2.75, 3.05) is 19.7 Å². The molecular weight excluding hydrogens is 272 g/mol. The number of halogens is 1. The van der Waals surface area contributed by atoms with Gasteiger partial charge in [-0.15, -0.1) is 0 Å². The number of benzene rings is 1. The second kappa shape index (κ2) is 3.97. The van der Waals surface area contributed by atoms with Gasteiger partial charge in [-0.25, -0.2) is 0 Å². The molecule has 2 aliphatic rings. The third kappa shape index (κ3) is 1.75. The summed E-state index contributed by atoms with van der Waals surface area (Å²) in [5.41, 5.74) is 0. The van der Waals surface area contributed by atoms with Gasteiger partial charge in [-0.3, -0.25) is 4.99 Å². The molecule has 3 rings (SSSR count). The molecule has 0 aliphatic carbocycles. The number of hydrogen-bond donors (Lipinski definition) is 1. The molecule has 1 aromatic rings. The Morgan fingerprint density at radius 3 is 3.12 bits per heavy atom. The van der Waals surface area contributed by atoms with Crippen LogP contribution in [0.2, 0.25) is 0 Å². The van der Waals surface area contributed by atoms with Gasteiger partial charge < -0.3 is 14.8 Å². The van der Waals surface area contributed by atoms with Gasteiger partial charge >= 0.3 is 0 Å². The zero-order valence-electron chi connectivity index (χ0n) is 8.57. The molecule has 2 heterocycles. The smallest absolute Gasteiger partial charge is 0.189 e. The van der Waals surface area contributed by atoms with Crippen molar-refractivity contribution in [3.8, 4) is 11.5 Å². The summed E-state index contributed by atoms with van der Waals surface area (Å²) in [6.45, 7) is 2.22. The highest BCUT2D eigenvalue weighted by atomic mass is 79.9. The molecule has 1 N–H and O–H groups in total. The minimum absolute atomic E-state index is 0.101. The minimum Gasteiger partial charge on any atom is -0.485 e. The van der Waals surface area contributed by atoms with Crippen molar-refractivity contribution < 1.29 is 9.47 Å². The van der Waals surface area contributed by atoms with Crippen LogP contribution >= 0.6 is 15.9 Å². The normalized spacial score (nSPS) is 22.6. The van der Waals surface area contributed by atoms with Crippen LogP contribution in [0.1, 0.15) is 0 Å². The molecule has 1 atom stereocenters. The summed E-state index contributed by atoms with van der Waals surface area (Å²) in [5, 5.41) is 3.20. The Kier molecular flexibility index (Phi) is 2.47. The molecule has 5 heteroatoms. The number of hydrogen-bond acceptors (Lipinski definition) is 4. The van der Waals surface area contributed by atoms with Gasteiger partial charge in [0.05, 0.1) is 6.54 Å². The van der Waals surface area contributed by atoms with E-state index in [-0.39, 0.29) is 6.10 Å². The van der Waals surface area contributed by atoms with E-state index in [4.69, 9.17) is 9.47 Å². The van der Waals surface area contributed by atoms with Gasteiger partial charge in [0, 0.05) is 11.0 Å². The Labute approximate surface area is 102 Å². The molecule has 0 saturated heterocycles. The predicted molar refractivity (Wildman–Crippen MR) is 64.4 cm³/mol. The van der Waals surface area contributed by atoms with Crippen LogP contribution in [-0.4, -0.2) is 31.6 Å². The first kappa shape index (κ1) is 9.96. The lowest BCUT2D eigenvalue weighted by Crippen LogP contribution is -2.42. The first-order valence-electron chi connectivity index (χ1n) is 5.20. The van der Waals surface area contributed by atoms with Crippen LogP contribution in [0.25, 0.3) is 0 Å². The lowest BCUT2D eigenvalue weighted by atomic mass is 10.2. The van der Waals surface area contributed by atoms with Crippen molar-refractivity contribution in [3.05, 3.63) is 22.7 Å². The summed E-state index contributed by atoms with van der Waals surface area (Å²) >= 11 is 3.40. The van der Waals surface area contributed by atoms with Crippen molar-refractivity contribution in [2.24, 2.45) is 4.99 Å². The van der Waals surface area contributed by atoms with Crippen LogP contribution in [0.15, 0.2) is 27.7 Å². The van der Waals surface area contributed by atoms with Gasteiger partial charge in [0.1, 0.15) is 12.4 Å². The fourth-order valence-electron chi connectivity index (χ4n) is 1.81. The lowest BCUT2D eigenvalue weighted by molar-refractivity contribution is 0.133. The minimum atomic E-state index is -0.101. The van der Waals surface area contributed by atoms with Crippen LogP contribution in [0.5, 0.6) is 11.5 Å². The fraction of sp³-hybridized carbons (Fsp3) is 0.364. The van der Waals surface area contributed by atoms with E-state index in [9.17, 15) is 0 Å². The van der Waals surface area contributed by atoms with E-state index in [1.807, 2.05) is 18.2 Å². The fourth-order valence-corrected chi connectivity index (χ4v) is 2.15. The molecular formula is C11H11BrN2O2. The molecule has 4 nitrogen and oxygen atoms in total. The second-order valence-corrected chi connectivity index (χ2v) is 4.62. The van der Waals surface area contributed by atoms with Gasteiger partial charge in [-0.2, -0.15) is 0 Å². The van der Waals surface area contributed by atoms with Crippen LogP contribution < -0.4 is 14.8 Å². The molecule has 2 aliphatic heterocycles. The van der Waals surface area contributed by atoms with E-state index in [2.05, 4.69) is 26.2 Å². The zero-order chi connectivity index (χ0) is 11.0. The molecule has 1 unspecified atom stereocenters. The van der Waals surface area contributed by atoms with E-state index in [0.29, 0.717) is 6.61 Å². The van der Waals surface area contributed by atoms with Crippen LogP contribution in [0.3, 0.4) is 0 Å². The zero-order valence-corrected chi connectivity index (χ0v) is 10.2. The molecule has 0 aromatic heterocycles. The highest BCUT2D eigenvalue weighted by Gasteiger charge is 2.26. The van der Waals surface area contributed by atoms with Crippen molar-refractivity contribution in [2.45, 2.75) is 6.10 Å². The first-order valence-corrected chi connectivity index (χ1v) is 5.99. The Bertz CT molecular complexity index is 448. The molecule has 0 saturated carbocycles. The Morgan fingerprint density at radius 1 is 1.38 bits per heavy atom. The summed E-state index contributed by atoms with van der Waals surface area (Å²) in [7, 11) is 0. The van der Waals surface area contributed by atoms with Crippen molar-refractivity contribution in [1.82, 2.24) is 5.32 Å². The molecule has 84 valence electrons. The van der Waals surface area contributed by atoms with Crippen LogP contribution in [-0.2, 0) is 0 Å². The first-order chi connectivity index (χ1) is 7.83. The van der Waals surface area contributed by atoms with Gasteiger partial charge in [-0.1, -0.05) is 15.9 Å². The number of ether oxygens (including phenoxy) is 2.